The first-order valence-electron chi connectivity index (χ1n) is 6.01. The lowest BCUT2D eigenvalue weighted by Crippen LogP contribution is -2.23. The standard InChI is InChI=1S/C15H18N2O/c1-17(13-7-3-2-4-8-13)11-12-18-15-10-6-5-9-14(15)16/h2-10H,11-12,16H2,1H3. The molecule has 0 bridgehead atoms. The number of ether oxygens (including phenoxy) is 1. The van der Waals surface area contributed by atoms with Gasteiger partial charge in [-0.2, -0.15) is 0 Å². The van der Waals surface area contributed by atoms with Crippen molar-refractivity contribution < 1.29 is 4.74 Å². The molecule has 0 saturated carbocycles. The van der Waals surface area contributed by atoms with Gasteiger partial charge in [-0.15, -0.1) is 0 Å². The summed E-state index contributed by atoms with van der Waals surface area (Å²) in [5, 5.41) is 0. The Morgan fingerprint density at radius 3 is 2.39 bits per heavy atom. The Hall–Kier alpha value is -2.16. The summed E-state index contributed by atoms with van der Waals surface area (Å²) < 4.78 is 5.66. The zero-order valence-corrected chi connectivity index (χ0v) is 10.5. The van der Waals surface area contributed by atoms with Gasteiger partial charge in [0.25, 0.3) is 0 Å². The molecule has 0 fully saturated rings. The molecule has 0 atom stereocenters. The van der Waals surface area contributed by atoms with Gasteiger partial charge in [-0.05, 0) is 24.3 Å². The second kappa shape index (κ2) is 5.96. The molecule has 2 aromatic rings. The quantitative estimate of drug-likeness (QED) is 0.819. The maximum absolute atomic E-state index is 5.81. The molecule has 0 saturated heterocycles. The fourth-order valence-corrected chi connectivity index (χ4v) is 1.72. The highest BCUT2D eigenvalue weighted by atomic mass is 16.5. The molecular formula is C15H18N2O. The zero-order valence-electron chi connectivity index (χ0n) is 10.5. The minimum atomic E-state index is 0.611. The fourth-order valence-electron chi connectivity index (χ4n) is 1.72. The van der Waals surface area contributed by atoms with Crippen molar-refractivity contribution >= 4 is 11.4 Å². The molecule has 2 aromatic carbocycles. The van der Waals surface area contributed by atoms with Gasteiger partial charge in [0.05, 0.1) is 12.2 Å². The SMILES string of the molecule is CN(CCOc1ccccc1N)c1ccccc1. The maximum atomic E-state index is 5.81. The van der Waals surface area contributed by atoms with E-state index in [0.29, 0.717) is 12.3 Å². The van der Waals surface area contributed by atoms with Crippen molar-refractivity contribution in [2.45, 2.75) is 0 Å². The molecule has 0 aliphatic rings. The van der Waals surface area contributed by atoms with E-state index in [0.717, 1.165) is 12.3 Å². The molecule has 0 radical (unpaired) electrons. The van der Waals surface area contributed by atoms with Crippen molar-refractivity contribution in [3.8, 4) is 5.75 Å². The van der Waals surface area contributed by atoms with E-state index in [1.807, 2.05) is 49.5 Å². The largest absolute Gasteiger partial charge is 0.490 e. The van der Waals surface area contributed by atoms with E-state index in [1.165, 1.54) is 5.69 Å². The van der Waals surface area contributed by atoms with Gasteiger partial charge in [-0.1, -0.05) is 30.3 Å². The number of benzene rings is 2. The van der Waals surface area contributed by atoms with Gasteiger partial charge < -0.3 is 15.4 Å². The van der Waals surface area contributed by atoms with Crippen LogP contribution in [0.5, 0.6) is 5.75 Å². The normalized spacial score (nSPS) is 10.1. The third-order valence-electron chi connectivity index (χ3n) is 2.80. The van der Waals surface area contributed by atoms with Crippen molar-refractivity contribution in [1.29, 1.82) is 0 Å². The van der Waals surface area contributed by atoms with E-state index < -0.39 is 0 Å². The van der Waals surface area contributed by atoms with E-state index in [-0.39, 0.29) is 0 Å². The summed E-state index contributed by atoms with van der Waals surface area (Å²) in [7, 11) is 2.05. The summed E-state index contributed by atoms with van der Waals surface area (Å²) in [6, 6.07) is 17.8. The minimum Gasteiger partial charge on any atom is -0.490 e. The minimum absolute atomic E-state index is 0.611. The first kappa shape index (κ1) is 12.3. The molecular weight excluding hydrogens is 224 g/mol. The third-order valence-corrected chi connectivity index (χ3v) is 2.80. The van der Waals surface area contributed by atoms with Crippen LogP contribution in [0.1, 0.15) is 0 Å². The summed E-state index contributed by atoms with van der Waals surface area (Å²) in [6.45, 7) is 1.43. The van der Waals surface area contributed by atoms with E-state index in [1.54, 1.807) is 0 Å². The predicted molar refractivity (Wildman–Crippen MR) is 76.1 cm³/mol. The average Bonchev–Trinajstić information content (AvgIpc) is 2.42. The number of hydrogen-bond donors (Lipinski definition) is 1. The molecule has 3 heteroatoms. The highest BCUT2D eigenvalue weighted by Gasteiger charge is 2.01. The summed E-state index contributed by atoms with van der Waals surface area (Å²) in [5.41, 5.74) is 7.67. The number of nitrogens with two attached hydrogens (primary N) is 1. The van der Waals surface area contributed by atoms with Gasteiger partial charge in [0, 0.05) is 12.7 Å². The van der Waals surface area contributed by atoms with Crippen molar-refractivity contribution in [2.24, 2.45) is 0 Å². The Kier molecular flexibility index (Phi) is 4.07. The maximum Gasteiger partial charge on any atom is 0.142 e. The summed E-state index contributed by atoms with van der Waals surface area (Å²) in [6.07, 6.45) is 0. The Morgan fingerprint density at radius 1 is 1.00 bits per heavy atom. The van der Waals surface area contributed by atoms with Crippen LogP contribution in [0.25, 0.3) is 0 Å². The molecule has 0 aliphatic carbocycles. The molecule has 0 aliphatic heterocycles. The molecule has 0 aromatic heterocycles. The Morgan fingerprint density at radius 2 is 1.67 bits per heavy atom. The van der Waals surface area contributed by atoms with Crippen molar-refractivity contribution in [3.05, 3.63) is 54.6 Å². The Bertz CT molecular complexity index is 485. The second-order valence-corrected chi connectivity index (χ2v) is 4.14. The summed E-state index contributed by atoms with van der Waals surface area (Å²) in [5.74, 6) is 0.749. The van der Waals surface area contributed by atoms with Gasteiger partial charge >= 0.3 is 0 Å². The number of likely N-dealkylation sites (N-methyl/N-ethyl adjacent to an activating group) is 1. The van der Waals surface area contributed by atoms with Gasteiger partial charge in [0.2, 0.25) is 0 Å². The lowest BCUT2D eigenvalue weighted by Gasteiger charge is -2.19. The van der Waals surface area contributed by atoms with Crippen LogP contribution in [0.4, 0.5) is 11.4 Å². The third kappa shape index (κ3) is 3.17. The Labute approximate surface area is 108 Å². The summed E-state index contributed by atoms with van der Waals surface area (Å²) >= 11 is 0. The highest BCUT2D eigenvalue weighted by Crippen LogP contribution is 2.19. The molecule has 0 spiro atoms. The summed E-state index contributed by atoms with van der Waals surface area (Å²) in [4.78, 5) is 2.15. The fraction of sp³-hybridized carbons (Fsp3) is 0.200. The van der Waals surface area contributed by atoms with E-state index in [4.69, 9.17) is 10.5 Å². The van der Waals surface area contributed by atoms with Crippen LogP contribution in [-0.2, 0) is 0 Å². The van der Waals surface area contributed by atoms with E-state index in [2.05, 4.69) is 17.0 Å². The molecule has 3 nitrogen and oxygen atoms in total. The van der Waals surface area contributed by atoms with Crippen LogP contribution >= 0.6 is 0 Å². The Balaban J connectivity index is 1.84. The van der Waals surface area contributed by atoms with E-state index in [9.17, 15) is 0 Å². The number of para-hydroxylation sites is 3. The first-order valence-corrected chi connectivity index (χ1v) is 6.01. The number of anilines is 2. The number of nitrogens with zero attached hydrogens (tertiary/aromatic N) is 1. The topological polar surface area (TPSA) is 38.5 Å². The van der Waals surface area contributed by atoms with Gasteiger partial charge in [-0.25, -0.2) is 0 Å². The molecule has 2 rings (SSSR count). The van der Waals surface area contributed by atoms with Crippen LogP contribution in [0.2, 0.25) is 0 Å². The van der Waals surface area contributed by atoms with Crippen LogP contribution in [-0.4, -0.2) is 20.2 Å². The number of hydrogen-bond acceptors (Lipinski definition) is 3. The number of nitrogen functional groups attached to an aromatic ring is 1. The predicted octanol–water partition coefficient (Wildman–Crippen LogP) is 2.78. The van der Waals surface area contributed by atoms with Gasteiger partial charge in [0.1, 0.15) is 12.4 Å². The monoisotopic (exact) mass is 242 g/mol. The lowest BCUT2D eigenvalue weighted by molar-refractivity contribution is 0.327. The van der Waals surface area contributed by atoms with Crippen LogP contribution < -0.4 is 15.4 Å². The first-order chi connectivity index (χ1) is 8.77. The molecule has 0 heterocycles. The molecule has 18 heavy (non-hydrogen) atoms. The van der Waals surface area contributed by atoms with Gasteiger partial charge in [-0.3, -0.25) is 0 Å². The van der Waals surface area contributed by atoms with Crippen molar-refractivity contribution in [3.63, 3.8) is 0 Å². The van der Waals surface area contributed by atoms with Crippen molar-refractivity contribution in [1.82, 2.24) is 0 Å². The van der Waals surface area contributed by atoms with Crippen molar-refractivity contribution in [2.75, 3.05) is 30.8 Å². The van der Waals surface area contributed by atoms with E-state index >= 15 is 0 Å². The molecule has 0 amide bonds. The molecule has 94 valence electrons. The average molecular weight is 242 g/mol. The molecule has 2 N–H and O–H groups in total. The number of rotatable bonds is 5. The van der Waals surface area contributed by atoms with Crippen LogP contribution in [0.15, 0.2) is 54.6 Å². The lowest BCUT2D eigenvalue weighted by atomic mass is 10.3. The zero-order chi connectivity index (χ0) is 12.8. The van der Waals surface area contributed by atoms with Gasteiger partial charge in [0.15, 0.2) is 0 Å². The molecule has 0 unspecified atom stereocenters. The van der Waals surface area contributed by atoms with Crippen LogP contribution in [0, 0.1) is 0 Å². The highest BCUT2D eigenvalue weighted by molar-refractivity contribution is 5.51. The van der Waals surface area contributed by atoms with Crippen LogP contribution in [0.3, 0.4) is 0 Å². The smallest absolute Gasteiger partial charge is 0.142 e. The second-order valence-electron chi connectivity index (χ2n) is 4.14.